The Morgan fingerprint density at radius 3 is 2.26 bits per heavy atom. The molecule has 0 radical (unpaired) electrons. The number of ether oxygens (including phenoxy) is 1. The molecule has 0 bridgehead atoms. The summed E-state index contributed by atoms with van der Waals surface area (Å²) < 4.78 is 17.8. The van der Waals surface area contributed by atoms with Crippen LogP contribution in [0.25, 0.3) is 11.3 Å². The van der Waals surface area contributed by atoms with Crippen LogP contribution in [0.3, 0.4) is 0 Å². The zero-order chi connectivity index (χ0) is 28.8. The summed E-state index contributed by atoms with van der Waals surface area (Å²) in [7, 11) is -5.19. The molecule has 1 aromatic heterocycles. The molecule has 11 nitrogen and oxygen atoms in total. The number of nitrogens with one attached hydrogen (secondary N) is 1. The Balaban J connectivity index is 1.81. The first-order valence-corrected chi connectivity index (χ1v) is 14.6. The third kappa shape index (κ3) is 7.23. The third-order valence-corrected chi connectivity index (χ3v) is 8.19. The normalized spacial score (nSPS) is 15.6. The molecule has 0 spiro atoms. The van der Waals surface area contributed by atoms with E-state index in [9.17, 15) is 28.7 Å². The van der Waals surface area contributed by atoms with Crippen LogP contribution < -0.4 is 5.32 Å². The van der Waals surface area contributed by atoms with Crippen molar-refractivity contribution in [3.8, 4) is 11.3 Å². The van der Waals surface area contributed by atoms with Gasteiger partial charge in [-0.2, -0.15) is 0 Å². The monoisotopic (exact) mass is 560 g/mol. The smallest absolute Gasteiger partial charge is 0.409 e. The van der Waals surface area contributed by atoms with Crippen LogP contribution in [0.2, 0.25) is 0 Å². The first kappa shape index (κ1) is 30.3. The fraction of sp³-hybridized carbons (Fsp3) is 0.481. The highest BCUT2D eigenvalue weighted by Crippen LogP contribution is 2.49. The molecule has 1 saturated heterocycles. The van der Waals surface area contributed by atoms with Gasteiger partial charge in [-0.1, -0.05) is 57.5 Å². The largest absolute Gasteiger partial charge is 0.449 e. The minimum Gasteiger partial charge on any atom is -0.449 e. The lowest BCUT2D eigenvalue weighted by Crippen LogP contribution is -2.61. The lowest BCUT2D eigenvalue weighted by atomic mass is 10.00. The van der Waals surface area contributed by atoms with E-state index >= 15 is 0 Å². The first-order valence-electron chi connectivity index (χ1n) is 13.0. The highest BCUT2D eigenvalue weighted by Gasteiger charge is 2.53. The molecule has 39 heavy (non-hydrogen) atoms. The topological polar surface area (TPSA) is 149 Å². The van der Waals surface area contributed by atoms with Gasteiger partial charge >= 0.3 is 13.7 Å². The lowest BCUT2D eigenvalue weighted by Gasteiger charge is -2.39. The van der Waals surface area contributed by atoms with Crippen LogP contribution in [0.1, 0.15) is 62.5 Å². The van der Waals surface area contributed by atoms with Crippen LogP contribution in [0.4, 0.5) is 4.79 Å². The zero-order valence-corrected chi connectivity index (χ0v) is 23.7. The molecular weight excluding hydrogens is 523 g/mol. The Kier molecular flexibility index (Phi) is 9.88. The molecule has 2 aromatic rings. The number of pyridine rings is 1. The molecule has 1 aromatic carbocycles. The number of carbonyl (C=O) groups excluding carboxylic acids is 3. The van der Waals surface area contributed by atoms with Gasteiger partial charge in [-0.05, 0) is 37.0 Å². The molecule has 1 atom stereocenters. The van der Waals surface area contributed by atoms with E-state index in [1.807, 2.05) is 57.2 Å². The fourth-order valence-corrected chi connectivity index (χ4v) is 4.73. The summed E-state index contributed by atoms with van der Waals surface area (Å²) in [6.45, 7) is 7.55. The highest BCUT2D eigenvalue weighted by molar-refractivity contribution is 7.54. The molecule has 12 heteroatoms. The van der Waals surface area contributed by atoms with E-state index in [1.165, 1.54) is 9.80 Å². The summed E-state index contributed by atoms with van der Waals surface area (Å²) in [6.07, 6.45) is 1.13. The lowest BCUT2D eigenvalue weighted by molar-refractivity contribution is -0.136. The van der Waals surface area contributed by atoms with Crippen LogP contribution in [0.5, 0.6) is 0 Å². The van der Waals surface area contributed by atoms with Gasteiger partial charge in [0.1, 0.15) is 5.69 Å². The number of aromatic nitrogens is 1. The van der Waals surface area contributed by atoms with Gasteiger partial charge in [0, 0.05) is 31.7 Å². The first-order chi connectivity index (χ1) is 18.4. The van der Waals surface area contributed by atoms with Gasteiger partial charge in [0.2, 0.25) is 5.28 Å². The van der Waals surface area contributed by atoms with Crippen LogP contribution in [-0.2, 0) is 14.1 Å². The van der Waals surface area contributed by atoms with Gasteiger partial charge in [0.15, 0.2) is 0 Å². The number of rotatable bonds is 9. The minimum atomic E-state index is -5.19. The number of carbonyl (C=O) groups is 3. The molecule has 1 aliphatic heterocycles. The van der Waals surface area contributed by atoms with E-state index in [0.29, 0.717) is 12.3 Å². The van der Waals surface area contributed by atoms with Gasteiger partial charge in [-0.15, -0.1) is 0 Å². The van der Waals surface area contributed by atoms with Crippen LogP contribution in [-0.4, -0.2) is 80.5 Å². The Labute approximate surface area is 228 Å². The van der Waals surface area contributed by atoms with Crippen molar-refractivity contribution >= 4 is 25.5 Å². The predicted molar refractivity (Wildman–Crippen MR) is 146 cm³/mol. The number of benzene rings is 1. The van der Waals surface area contributed by atoms with E-state index < -0.39 is 30.8 Å². The van der Waals surface area contributed by atoms with Crippen molar-refractivity contribution in [1.82, 2.24) is 20.1 Å². The summed E-state index contributed by atoms with van der Waals surface area (Å²) in [4.78, 5) is 66.6. The Hall–Kier alpha value is -3.27. The van der Waals surface area contributed by atoms with Crippen molar-refractivity contribution in [2.75, 3.05) is 32.8 Å². The van der Waals surface area contributed by atoms with Crippen molar-refractivity contribution < 1.29 is 33.5 Å². The van der Waals surface area contributed by atoms with Gasteiger partial charge in [-0.3, -0.25) is 14.2 Å². The fourth-order valence-electron chi connectivity index (χ4n) is 4.09. The molecule has 0 unspecified atom stereocenters. The number of hydrogen-bond acceptors (Lipinski definition) is 6. The molecule has 3 amide bonds. The van der Waals surface area contributed by atoms with Crippen molar-refractivity contribution in [1.29, 1.82) is 0 Å². The second-order valence-corrected chi connectivity index (χ2v) is 12.0. The van der Waals surface area contributed by atoms with Crippen molar-refractivity contribution in [3.05, 3.63) is 53.7 Å². The van der Waals surface area contributed by atoms with E-state index in [-0.39, 0.29) is 37.8 Å². The SMILES string of the molecule is CCCCOC(=O)N1CCN(C(=O)[C@@](C)(NC(=O)c2cc(C(C)C)cc(-c3ccccc3)n2)P(=O)(O)O)CC1. The molecule has 3 rings (SSSR count). The molecule has 212 valence electrons. The third-order valence-electron chi connectivity index (χ3n) is 6.72. The summed E-state index contributed by atoms with van der Waals surface area (Å²) in [5.41, 5.74) is 2.04. The second-order valence-electron chi connectivity index (χ2n) is 10.0. The number of hydrogen-bond donors (Lipinski definition) is 3. The number of amides is 3. The van der Waals surface area contributed by atoms with Crippen LogP contribution in [0, 0.1) is 0 Å². The number of piperazine rings is 1. The summed E-state index contributed by atoms with van der Waals surface area (Å²) in [5.74, 6) is -1.78. The molecule has 3 N–H and O–H groups in total. The maximum Gasteiger partial charge on any atom is 0.409 e. The van der Waals surface area contributed by atoms with Gasteiger partial charge < -0.3 is 29.6 Å². The van der Waals surface area contributed by atoms with E-state index in [0.717, 1.165) is 30.9 Å². The number of unbranched alkanes of at least 4 members (excludes halogenated alkanes) is 1. The maximum absolute atomic E-state index is 13.4. The average Bonchev–Trinajstić information content (AvgIpc) is 2.92. The predicted octanol–water partition coefficient (Wildman–Crippen LogP) is 3.58. The van der Waals surface area contributed by atoms with Gasteiger partial charge in [0.05, 0.1) is 12.3 Å². The van der Waals surface area contributed by atoms with E-state index in [2.05, 4.69) is 10.3 Å². The highest BCUT2D eigenvalue weighted by atomic mass is 31.2. The standard InChI is InChI=1S/C27H37N4O7P/c1-5-6-16-38-26(34)31-14-12-30(13-15-31)25(33)27(4,39(35,36)37)29-24(32)23-18-21(19(2)3)17-22(28-23)20-10-8-7-9-11-20/h7-11,17-19H,5-6,12-16H2,1-4H3,(H,29,32)(H2,35,36,37)/t27-/m0/s1. The molecule has 2 heterocycles. The van der Waals surface area contributed by atoms with Crippen molar-refractivity contribution in [2.45, 2.75) is 51.7 Å². The van der Waals surface area contributed by atoms with E-state index in [4.69, 9.17) is 4.74 Å². The molecule has 1 fully saturated rings. The Morgan fingerprint density at radius 1 is 1.08 bits per heavy atom. The molecule has 0 saturated carbocycles. The molecular formula is C27H37N4O7P. The molecule has 1 aliphatic rings. The van der Waals surface area contributed by atoms with Gasteiger partial charge in [-0.25, -0.2) is 9.78 Å². The summed E-state index contributed by atoms with van der Waals surface area (Å²) in [6, 6.07) is 12.6. The number of nitrogens with zero attached hydrogens (tertiary/aromatic N) is 3. The van der Waals surface area contributed by atoms with Crippen molar-refractivity contribution in [3.63, 3.8) is 0 Å². The summed E-state index contributed by atoms with van der Waals surface area (Å²) in [5, 5.41) is -0.233. The van der Waals surface area contributed by atoms with Crippen LogP contribution in [0.15, 0.2) is 42.5 Å². The zero-order valence-electron chi connectivity index (χ0n) is 22.8. The summed E-state index contributed by atoms with van der Waals surface area (Å²) >= 11 is 0. The van der Waals surface area contributed by atoms with Gasteiger partial charge in [0.25, 0.3) is 11.8 Å². The minimum absolute atomic E-state index is 0.0341. The van der Waals surface area contributed by atoms with Crippen LogP contribution >= 0.6 is 7.60 Å². The second kappa shape index (κ2) is 12.7. The van der Waals surface area contributed by atoms with E-state index in [1.54, 1.807) is 6.07 Å². The quantitative estimate of drug-likeness (QED) is 0.311. The molecule has 0 aliphatic carbocycles. The average molecular weight is 561 g/mol. The maximum atomic E-state index is 13.4. The van der Waals surface area contributed by atoms with Crippen molar-refractivity contribution in [2.24, 2.45) is 0 Å². The Bertz CT molecular complexity index is 1230. The Morgan fingerprint density at radius 2 is 1.69 bits per heavy atom.